The van der Waals surface area contributed by atoms with Crippen molar-refractivity contribution in [2.24, 2.45) is 0 Å². The number of amides is 1. The number of hydrogen-bond donors (Lipinski definition) is 1. The number of hydrogen-bond acceptors (Lipinski definition) is 7. The molecule has 160 valence electrons. The van der Waals surface area contributed by atoms with E-state index in [4.69, 9.17) is 14.1 Å². The lowest BCUT2D eigenvalue weighted by atomic mass is 10.2. The number of nitrogens with one attached hydrogen (secondary N) is 1. The Morgan fingerprint density at radius 2 is 2.03 bits per heavy atom. The summed E-state index contributed by atoms with van der Waals surface area (Å²) in [6.07, 6.45) is 1.58. The van der Waals surface area contributed by atoms with Gasteiger partial charge in [0.25, 0.3) is 0 Å². The molecule has 0 bridgehead atoms. The first-order chi connectivity index (χ1) is 15.7. The van der Waals surface area contributed by atoms with Gasteiger partial charge >= 0.3 is 0 Å². The zero-order valence-corrected chi connectivity index (χ0v) is 18.0. The topological polar surface area (TPSA) is 94.5 Å². The van der Waals surface area contributed by atoms with E-state index >= 15 is 0 Å². The van der Waals surface area contributed by atoms with Gasteiger partial charge in [-0.05, 0) is 42.0 Å². The van der Waals surface area contributed by atoms with Gasteiger partial charge in [-0.25, -0.2) is 9.97 Å². The highest BCUT2D eigenvalue weighted by Gasteiger charge is 2.17. The molecular weight excluding hydrogens is 426 g/mol. The standard InChI is InChI=1S/C23H19N5O3S/c1-30-16-7-4-6-15(12-16)13-24-20(29)14-32-23-25-18-9-3-2-8-17(18)22-26-21(27-28(22)23)19-10-5-11-31-19/h2-12H,13-14H2,1H3,(H,24,29). The van der Waals surface area contributed by atoms with Gasteiger partial charge < -0.3 is 14.5 Å². The number of aromatic nitrogens is 4. The Hall–Kier alpha value is -3.85. The van der Waals surface area contributed by atoms with Crippen molar-refractivity contribution in [3.63, 3.8) is 0 Å². The Labute approximate surface area is 187 Å². The van der Waals surface area contributed by atoms with Gasteiger partial charge in [0.05, 0.1) is 24.6 Å². The molecule has 0 fully saturated rings. The number of rotatable bonds is 7. The van der Waals surface area contributed by atoms with Gasteiger partial charge in [0.1, 0.15) is 5.75 Å². The van der Waals surface area contributed by atoms with Crippen molar-refractivity contribution in [3.05, 3.63) is 72.5 Å². The van der Waals surface area contributed by atoms with Crippen LogP contribution in [0.5, 0.6) is 5.75 Å². The van der Waals surface area contributed by atoms with Crippen molar-refractivity contribution < 1.29 is 13.9 Å². The fourth-order valence-corrected chi connectivity index (χ4v) is 4.07. The first-order valence-corrected chi connectivity index (χ1v) is 10.9. The van der Waals surface area contributed by atoms with Crippen molar-refractivity contribution >= 4 is 34.2 Å². The fraction of sp³-hybridized carbons (Fsp3) is 0.130. The largest absolute Gasteiger partial charge is 0.497 e. The van der Waals surface area contributed by atoms with Gasteiger partial charge in [-0.1, -0.05) is 36.0 Å². The predicted octanol–water partition coefficient (Wildman–Crippen LogP) is 3.95. The molecule has 0 spiro atoms. The number of nitrogens with zero attached hydrogens (tertiary/aromatic N) is 4. The molecule has 3 heterocycles. The molecule has 0 unspecified atom stereocenters. The summed E-state index contributed by atoms with van der Waals surface area (Å²) in [4.78, 5) is 21.8. The second-order valence-electron chi connectivity index (χ2n) is 6.98. The maximum atomic E-state index is 12.5. The monoisotopic (exact) mass is 445 g/mol. The average molecular weight is 446 g/mol. The molecule has 2 aromatic carbocycles. The first-order valence-electron chi connectivity index (χ1n) is 9.93. The van der Waals surface area contributed by atoms with Crippen molar-refractivity contribution in [2.45, 2.75) is 11.7 Å². The SMILES string of the molecule is COc1cccc(CNC(=O)CSc2nc3ccccc3c3nc(-c4ccco4)nn23)c1. The van der Waals surface area contributed by atoms with Crippen LogP contribution in [-0.4, -0.2) is 38.4 Å². The molecule has 0 saturated carbocycles. The molecule has 0 aliphatic carbocycles. The molecule has 0 aliphatic heterocycles. The van der Waals surface area contributed by atoms with Crippen LogP contribution >= 0.6 is 11.8 Å². The lowest BCUT2D eigenvalue weighted by molar-refractivity contribution is -0.118. The third-order valence-corrected chi connectivity index (χ3v) is 5.78. The molecule has 0 saturated heterocycles. The summed E-state index contributed by atoms with van der Waals surface area (Å²) in [5, 5.41) is 8.97. The number of carbonyl (C=O) groups excluding carboxylic acids is 1. The highest BCUT2D eigenvalue weighted by atomic mass is 32.2. The third kappa shape index (κ3) is 4.02. The summed E-state index contributed by atoms with van der Waals surface area (Å²) in [5.74, 6) is 1.89. The van der Waals surface area contributed by atoms with Crippen molar-refractivity contribution in [1.29, 1.82) is 0 Å². The maximum absolute atomic E-state index is 12.5. The van der Waals surface area contributed by atoms with Crippen LogP contribution in [0.3, 0.4) is 0 Å². The molecule has 0 atom stereocenters. The van der Waals surface area contributed by atoms with Crippen LogP contribution in [0, 0.1) is 0 Å². The summed E-state index contributed by atoms with van der Waals surface area (Å²) in [7, 11) is 1.62. The maximum Gasteiger partial charge on any atom is 0.230 e. The summed E-state index contributed by atoms with van der Waals surface area (Å²) in [6, 6.07) is 18.9. The molecule has 3 aromatic heterocycles. The summed E-state index contributed by atoms with van der Waals surface area (Å²) < 4.78 is 12.3. The second-order valence-corrected chi connectivity index (χ2v) is 7.92. The average Bonchev–Trinajstić information content (AvgIpc) is 3.52. The smallest absolute Gasteiger partial charge is 0.230 e. The van der Waals surface area contributed by atoms with E-state index < -0.39 is 0 Å². The van der Waals surface area contributed by atoms with E-state index in [1.165, 1.54) is 11.8 Å². The molecule has 0 aliphatic rings. The van der Waals surface area contributed by atoms with E-state index in [-0.39, 0.29) is 11.7 Å². The van der Waals surface area contributed by atoms with Crippen LogP contribution in [0.15, 0.2) is 76.5 Å². The molecule has 1 N–H and O–H groups in total. The molecule has 5 aromatic rings. The van der Waals surface area contributed by atoms with Crippen molar-refractivity contribution in [1.82, 2.24) is 24.9 Å². The molecule has 32 heavy (non-hydrogen) atoms. The Balaban J connectivity index is 1.37. The number of benzene rings is 2. The Kier molecular flexibility index (Phi) is 5.47. The minimum Gasteiger partial charge on any atom is -0.497 e. The van der Waals surface area contributed by atoms with Crippen molar-refractivity contribution in [3.8, 4) is 17.3 Å². The highest BCUT2D eigenvalue weighted by molar-refractivity contribution is 7.99. The van der Waals surface area contributed by atoms with Gasteiger partial charge in [-0.2, -0.15) is 4.52 Å². The molecule has 8 nitrogen and oxygen atoms in total. The quantitative estimate of drug-likeness (QED) is 0.299. The fourth-order valence-electron chi connectivity index (χ4n) is 3.30. The first kappa shape index (κ1) is 20.1. The number of ether oxygens (including phenoxy) is 1. The molecular formula is C23H19N5O3S. The van der Waals surface area contributed by atoms with Crippen molar-refractivity contribution in [2.75, 3.05) is 12.9 Å². The van der Waals surface area contributed by atoms with E-state index in [0.29, 0.717) is 28.9 Å². The Morgan fingerprint density at radius 3 is 2.88 bits per heavy atom. The van der Waals surface area contributed by atoms with Gasteiger partial charge in [0.15, 0.2) is 16.6 Å². The Bertz CT molecular complexity index is 1400. The summed E-state index contributed by atoms with van der Waals surface area (Å²) >= 11 is 1.31. The van der Waals surface area contributed by atoms with Crippen LogP contribution in [0.4, 0.5) is 0 Å². The lowest BCUT2D eigenvalue weighted by Gasteiger charge is -2.08. The van der Waals surface area contributed by atoms with Crippen LogP contribution < -0.4 is 10.1 Å². The Morgan fingerprint density at radius 1 is 1.12 bits per heavy atom. The van der Waals surface area contributed by atoms with Gasteiger partial charge in [0, 0.05) is 11.9 Å². The van der Waals surface area contributed by atoms with Crippen LogP contribution in [0.25, 0.3) is 28.1 Å². The normalized spacial score (nSPS) is 11.2. The van der Waals surface area contributed by atoms with E-state index in [0.717, 1.165) is 22.2 Å². The highest BCUT2D eigenvalue weighted by Crippen LogP contribution is 2.26. The minimum absolute atomic E-state index is 0.104. The number of methoxy groups -OCH3 is 1. The van der Waals surface area contributed by atoms with Gasteiger partial charge in [-0.3, -0.25) is 4.79 Å². The van der Waals surface area contributed by atoms with Crippen LogP contribution in [0.2, 0.25) is 0 Å². The second kappa shape index (κ2) is 8.72. The third-order valence-electron chi connectivity index (χ3n) is 4.85. The lowest BCUT2D eigenvalue weighted by Crippen LogP contribution is -2.24. The summed E-state index contributed by atoms with van der Waals surface area (Å²) in [6.45, 7) is 0.420. The molecule has 0 radical (unpaired) electrons. The van der Waals surface area contributed by atoms with E-state index in [1.54, 1.807) is 24.0 Å². The van der Waals surface area contributed by atoms with Crippen LogP contribution in [-0.2, 0) is 11.3 Å². The molecule has 5 rings (SSSR count). The zero-order valence-electron chi connectivity index (χ0n) is 17.2. The molecule has 9 heteroatoms. The zero-order chi connectivity index (χ0) is 21.9. The molecule has 1 amide bonds. The van der Waals surface area contributed by atoms with Crippen LogP contribution in [0.1, 0.15) is 5.56 Å². The van der Waals surface area contributed by atoms with Gasteiger partial charge in [-0.15, -0.1) is 5.10 Å². The number of furan rings is 1. The van der Waals surface area contributed by atoms with E-state index in [9.17, 15) is 4.79 Å². The summed E-state index contributed by atoms with van der Waals surface area (Å²) in [5.41, 5.74) is 2.42. The number of para-hydroxylation sites is 1. The number of fused-ring (bicyclic) bond motifs is 3. The van der Waals surface area contributed by atoms with Gasteiger partial charge in [0.2, 0.25) is 11.7 Å². The minimum atomic E-state index is -0.104. The van der Waals surface area contributed by atoms with E-state index in [1.807, 2.05) is 54.6 Å². The number of carbonyl (C=O) groups is 1. The predicted molar refractivity (Wildman–Crippen MR) is 122 cm³/mol. The number of thioether (sulfide) groups is 1. The van der Waals surface area contributed by atoms with E-state index in [2.05, 4.69) is 15.4 Å².